The molecule has 0 aliphatic heterocycles. The highest BCUT2D eigenvalue weighted by Crippen LogP contribution is 1.96. The molecule has 1 atom stereocenters. The van der Waals surface area contributed by atoms with Gasteiger partial charge in [0.05, 0.1) is 0 Å². The average molecular weight is 144 g/mol. The number of hydrogen-bond donors (Lipinski definition) is 1. The summed E-state index contributed by atoms with van der Waals surface area (Å²) in [5.41, 5.74) is 5.32. The Kier molecular flexibility index (Phi) is 4.03. The first kappa shape index (κ1) is 9.43. The van der Waals surface area contributed by atoms with E-state index in [9.17, 15) is 4.79 Å². The summed E-state index contributed by atoms with van der Waals surface area (Å²) in [6, 6.07) is 0. The minimum absolute atomic E-state index is 0.0371. The lowest BCUT2D eigenvalue weighted by molar-refractivity contribution is -0.133. The van der Waals surface area contributed by atoms with Gasteiger partial charge in [-0.1, -0.05) is 6.92 Å². The zero-order valence-electron chi connectivity index (χ0n) is 6.92. The molecule has 0 aliphatic carbocycles. The average Bonchev–Trinajstić information content (AvgIpc) is 2.00. The molecule has 0 aromatic carbocycles. The summed E-state index contributed by atoms with van der Waals surface area (Å²) in [5.74, 6) is 0.0925. The molecular formula is C7H16N2O. The van der Waals surface area contributed by atoms with E-state index in [1.165, 1.54) is 0 Å². The van der Waals surface area contributed by atoms with Crippen molar-refractivity contribution in [2.75, 3.05) is 20.1 Å². The second-order valence-electron chi connectivity index (χ2n) is 2.49. The van der Waals surface area contributed by atoms with Crippen LogP contribution in [0.3, 0.4) is 0 Å². The molecule has 0 aliphatic rings. The molecule has 0 saturated heterocycles. The zero-order valence-corrected chi connectivity index (χ0v) is 6.92. The smallest absolute Gasteiger partial charge is 0.226 e. The third-order valence-electron chi connectivity index (χ3n) is 1.63. The molecule has 0 aromatic rings. The van der Waals surface area contributed by atoms with E-state index in [-0.39, 0.29) is 11.8 Å². The number of nitrogens with two attached hydrogens (primary N) is 1. The van der Waals surface area contributed by atoms with Crippen molar-refractivity contribution in [1.82, 2.24) is 4.90 Å². The van der Waals surface area contributed by atoms with Gasteiger partial charge in [-0.3, -0.25) is 4.79 Å². The number of amides is 1. The van der Waals surface area contributed by atoms with Crippen LogP contribution in [0.4, 0.5) is 0 Å². The summed E-state index contributed by atoms with van der Waals surface area (Å²) in [4.78, 5) is 12.8. The highest BCUT2D eigenvalue weighted by atomic mass is 16.2. The summed E-state index contributed by atoms with van der Waals surface area (Å²) in [6.07, 6.45) is 0. The minimum Gasteiger partial charge on any atom is -0.346 e. The summed E-state index contributed by atoms with van der Waals surface area (Å²) in [6.45, 7) is 4.97. The molecule has 0 spiro atoms. The quantitative estimate of drug-likeness (QED) is 0.608. The van der Waals surface area contributed by atoms with E-state index in [4.69, 9.17) is 5.73 Å². The maximum Gasteiger partial charge on any atom is 0.226 e. The lowest BCUT2D eigenvalue weighted by atomic mass is 10.1. The van der Waals surface area contributed by atoms with E-state index in [1.54, 1.807) is 11.9 Å². The molecule has 0 saturated carbocycles. The predicted molar refractivity (Wildman–Crippen MR) is 41.5 cm³/mol. The molecule has 1 unspecified atom stereocenters. The van der Waals surface area contributed by atoms with Crippen LogP contribution in [0.15, 0.2) is 0 Å². The third-order valence-corrected chi connectivity index (χ3v) is 1.63. The summed E-state index contributed by atoms with van der Waals surface area (Å²) >= 11 is 0. The van der Waals surface area contributed by atoms with E-state index >= 15 is 0 Å². The molecule has 1 amide bonds. The summed E-state index contributed by atoms with van der Waals surface area (Å²) in [7, 11) is 1.79. The highest BCUT2D eigenvalue weighted by Gasteiger charge is 2.13. The van der Waals surface area contributed by atoms with Crippen molar-refractivity contribution in [3.8, 4) is 0 Å². The van der Waals surface area contributed by atoms with Crippen LogP contribution in [0, 0.1) is 5.92 Å². The third kappa shape index (κ3) is 2.35. The molecule has 0 rings (SSSR count). The van der Waals surface area contributed by atoms with Gasteiger partial charge in [0.1, 0.15) is 0 Å². The second kappa shape index (κ2) is 4.28. The Labute approximate surface area is 62.2 Å². The van der Waals surface area contributed by atoms with Crippen molar-refractivity contribution < 1.29 is 4.79 Å². The zero-order chi connectivity index (χ0) is 8.15. The number of rotatable bonds is 3. The van der Waals surface area contributed by atoms with Gasteiger partial charge in [0.15, 0.2) is 0 Å². The van der Waals surface area contributed by atoms with E-state index in [1.807, 2.05) is 13.8 Å². The first-order chi connectivity index (χ1) is 4.63. The van der Waals surface area contributed by atoms with Crippen LogP contribution in [0.2, 0.25) is 0 Å². The summed E-state index contributed by atoms with van der Waals surface area (Å²) < 4.78 is 0. The maximum atomic E-state index is 11.2. The number of hydrogen-bond acceptors (Lipinski definition) is 2. The van der Waals surface area contributed by atoms with Crippen molar-refractivity contribution in [3.05, 3.63) is 0 Å². The van der Waals surface area contributed by atoms with Crippen LogP contribution in [-0.4, -0.2) is 30.9 Å². The molecule has 10 heavy (non-hydrogen) atoms. The molecule has 0 heterocycles. The molecule has 60 valence electrons. The topological polar surface area (TPSA) is 46.3 Å². The second-order valence-corrected chi connectivity index (χ2v) is 2.49. The van der Waals surface area contributed by atoms with Gasteiger partial charge in [-0.2, -0.15) is 0 Å². The Morgan fingerprint density at radius 1 is 1.70 bits per heavy atom. The lowest BCUT2D eigenvalue weighted by Gasteiger charge is -2.17. The first-order valence-electron chi connectivity index (χ1n) is 3.58. The van der Waals surface area contributed by atoms with Gasteiger partial charge < -0.3 is 10.6 Å². The van der Waals surface area contributed by atoms with Crippen LogP contribution in [-0.2, 0) is 4.79 Å². The van der Waals surface area contributed by atoms with Crippen molar-refractivity contribution >= 4 is 5.91 Å². The van der Waals surface area contributed by atoms with Crippen LogP contribution >= 0.6 is 0 Å². The normalized spacial score (nSPS) is 12.8. The Morgan fingerprint density at radius 3 is 2.50 bits per heavy atom. The SMILES string of the molecule is CCN(C)C(=O)C(C)CN. The van der Waals surface area contributed by atoms with Crippen molar-refractivity contribution in [1.29, 1.82) is 0 Å². The van der Waals surface area contributed by atoms with E-state index in [2.05, 4.69) is 0 Å². The van der Waals surface area contributed by atoms with Gasteiger partial charge in [-0.25, -0.2) is 0 Å². The standard InChI is InChI=1S/C7H16N2O/c1-4-9(3)7(10)6(2)5-8/h6H,4-5,8H2,1-3H3. The minimum atomic E-state index is -0.0371. The van der Waals surface area contributed by atoms with E-state index < -0.39 is 0 Å². The van der Waals surface area contributed by atoms with Crippen LogP contribution in [0.5, 0.6) is 0 Å². The molecule has 0 aromatic heterocycles. The first-order valence-corrected chi connectivity index (χ1v) is 3.58. The van der Waals surface area contributed by atoms with Gasteiger partial charge in [-0.05, 0) is 6.92 Å². The molecule has 0 bridgehead atoms. The van der Waals surface area contributed by atoms with Crippen molar-refractivity contribution in [3.63, 3.8) is 0 Å². The number of carbonyl (C=O) groups is 1. The Morgan fingerprint density at radius 2 is 2.20 bits per heavy atom. The van der Waals surface area contributed by atoms with Gasteiger partial charge in [0.2, 0.25) is 5.91 Å². The Bertz CT molecular complexity index is 102. The monoisotopic (exact) mass is 144 g/mol. The fraction of sp³-hybridized carbons (Fsp3) is 0.857. The van der Waals surface area contributed by atoms with E-state index in [0.29, 0.717) is 6.54 Å². The van der Waals surface area contributed by atoms with Crippen molar-refractivity contribution in [2.24, 2.45) is 11.7 Å². The van der Waals surface area contributed by atoms with Crippen molar-refractivity contribution in [2.45, 2.75) is 13.8 Å². The van der Waals surface area contributed by atoms with Crippen LogP contribution in [0.1, 0.15) is 13.8 Å². The molecule has 2 N–H and O–H groups in total. The van der Waals surface area contributed by atoms with Gasteiger partial charge >= 0.3 is 0 Å². The largest absolute Gasteiger partial charge is 0.346 e. The molecule has 3 heteroatoms. The molecular weight excluding hydrogens is 128 g/mol. The number of nitrogens with zero attached hydrogens (tertiary/aromatic N) is 1. The van der Waals surface area contributed by atoms with Crippen LogP contribution < -0.4 is 5.73 Å². The molecule has 3 nitrogen and oxygen atoms in total. The Balaban J connectivity index is 3.82. The number of carbonyl (C=O) groups excluding carboxylic acids is 1. The van der Waals surface area contributed by atoms with Crippen LogP contribution in [0.25, 0.3) is 0 Å². The molecule has 0 radical (unpaired) electrons. The Hall–Kier alpha value is -0.570. The predicted octanol–water partition coefficient (Wildman–Crippen LogP) is 0.0595. The van der Waals surface area contributed by atoms with E-state index in [0.717, 1.165) is 6.54 Å². The maximum absolute atomic E-state index is 11.2. The summed E-state index contributed by atoms with van der Waals surface area (Å²) in [5, 5.41) is 0. The lowest BCUT2D eigenvalue weighted by Crippen LogP contribution is -2.34. The van der Waals surface area contributed by atoms with Gasteiger partial charge in [0.25, 0.3) is 0 Å². The van der Waals surface area contributed by atoms with Gasteiger partial charge in [0, 0.05) is 26.1 Å². The fourth-order valence-corrected chi connectivity index (χ4v) is 0.633. The van der Waals surface area contributed by atoms with Gasteiger partial charge in [-0.15, -0.1) is 0 Å². The fourth-order valence-electron chi connectivity index (χ4n) is 0.633. The molecule has 0 fully saturated rings. The highest BCUT2D eigenvalue weighted by molar-refractivity contribution is 5.78.